The van der Waals surface area contributed by atoms with E-state index in [-0.39, 0.29) is 18.3 Å². The Morgan fingerprint density at radius 1 is 0.974 bits per heavy atom. The molecule has 0 saturated heterocycles. The van der Waals surface area contributed by atoms with E-state index in [9.17, 15) is 14.7 Å². The van der Waals surface area contributed by atoms with Crippen LogP contribution in [0.2, 0.25) is 0 Å². The van der Waals surface area contributed by atoms with Gasteiger partial charge in [0.15, 0.2) is 0 Å². The standard InChI is InChI=1S/C30H32N4O4/c1-38-30(37)25-11-7-23(8-12-25)21-34-18-17-32-28(34)19-29(36)33-26-13-9-22(10-14-26)15-16-31-20-27(35)24-5-3-2-4-6-24/h2-14,17-18,27,31,35H,15-16,19-21H2,1H3,(H,33,36)/t27-/m0/s1. The van der Waals surface area contributed by atoms with Crippen molar-refractivity contribution in [2.75, 3.05) is 25.5 Å². The summed E-state index contributed by atoms with van der Waals surface area (Å²) in [7, 11) is 1.35. The number of esters is 1. The first-order valence-corrected chi connectivity index (χ1v) is 12.5. The topological polar surface area (TPSA) is 105 Å². The second kappa shape index (κ2) is 13.3. The molecule has 0 aliphatic heterocycles. The molecule has 0 bridgehead atoms. The first-order chi connectivity index (χ1) is 18.5. The smallest absolute Gasteiger partial charge is 0.337 e. The van der Waals surface area contributed by atoms with Crippen molar-refractivity contribution in [3.63, 3.8) is 0 Å². The summed E-state index contributed by atoms with van der Waals surface area (Å²) in [5, 5.41) is 16.5. The van der Waals surface area contributed by atoms with Crippen molar-refractivity contribution in [1.29, 1.82) is 0 Å². The summed E-state index contributed by atoms with van der Waals surface area (Å²) in [6, 6.07) is 24.5. The third-order valence-corrected chi connectivity index (χ3v) is 6.20. The number of amides is 1. The van der Waals surface area contributed by atoms with E-state index < -0.39 is 6.10 Å². The molecule has 1 amide bonds. The number of hydrogen-bond acceptors (Lipinski definition) is 6. The molecule has 4 aromatic rings. The number of nitrogens with zero attached hydrogens (tertiary/aromatic N) is 2. The minimum absolute atomic E-state index is 0.142. The maximum atomic E-state index is 12.7. The van der Waals surface area contributed by atoms with E-state index in [1.807, 2.05) is 77.5 Å². The van der Waals surface area contributed by atoms with E-state index >= 15 is 0 Å². The number of ether oxygens (including phenoxy) is 1. The first kappa shape index (κ1) is 26.8. The van der Waals surface area contributed by atoms with Gasteiger partial charge in [-0.25, -0.2) is 9.78 Å². The monoisotopic (exact) mass is 512 g/mol. The maximum Gasteiger partial charge on any atom is 0.337 e. The lowest BCUT2D eigenvalue weighted by molar-refractivity contribution is -0.115. The lowest BCUT2D eigenvalue weighted by atomic mass is 10.1. The normalized spacial score (nSPS) is 11.6. The number of aromatic nitrogens is 2. The summed E-state index contributed by atoms with van der Waals surface area (Å²) in [4.78, 5) is 28.6. The number of rotatable bonds is 12. The summed E-state index contributed by atoms with van der Waals surface area (Å²) in [6.07, 6.45) is 3.93. The fourth-order valence-corrected chi connectivity index (χ4v) is 4.08. The zero-order chi connectivity index (χ0) is 26.7. The molecule has 3 aromatic carbocycles. The van der Waals surface area contributed by atoms with Crippen LogP contribution in [0.5, 0.6) is 0 Å². The predicted octanol–water partition coefficient (Wildman–Crippen LogP) is 3.76. The maximum absolute atomic E-state index is 12.7. The molecule has 8 heteroatoms. The number of carbonyl (C=O) groups excluding carboxylic acids is 2. The van der Waals surface area contributed by atoms with Crippen LogP contribution in [0.1, 0.15) is 39.0 Å². The Balaban J connectivity index is 1.22. The molecule has 1 aromatic heterocycles. The summed E-state index contributed by atoms with van der Waals surface area (Å²) in [5.41, 5.74) is 4.24. The van der Waals surface area contributed by atoms with Gasteiger partial charge < -0.3 is 25.0 Å². The van der Waals surface area contributed by atoms with E-state index in [0.29, 0.717) is 24.5 Å². The van der Waals surface area contributed by atoms with Gasteiger partial charge in [0.1, 0.15) is 5.82 Å². The van der Waals surface area contributed by atoms with Crippen molar-refractivity contribution in [3.8, 4) is 0 Å². The van der Waals surface area contributed by atoms with Crippen LogP contribution in [0.4, 0.5) is 5.69 Å². The number of anilines is 1. The first-order valence-electron chi connectivity index (χ1n) is 12.5. The average molecular weight is 513 g/mol. The van der Waals surface area contributed by atoms with Crippen molar-refractivity contribution in [1.82, 2.24) is 14.9 Å². The average Bonchev–Trinajstić information content (AvgIpc) is 3.38. The van der Waals surface area contributed by atoms with Gasteiger partial charge in [0.25, 0.3) is 0 Å². The molecule has 0 unspecified atom stereocenters. The van der Waals surface area contributed by atoms with Crippen molar-refractivity contribution in [2.24, 2.45) is 0 Å². The lowest BCUT2D eigenvalue weighted by Crippen LogP contribution is -2.23. The Labute approximate surface area is 222 Å². The molecule has 0 aliphatic carbocycles. The second-order valence-electron chi connectivity index (χ2n) is 8.96. The Morgan fingerprint density at radius 3 is 2.39 bits per heavy atom. The van der Waals surface area contributed by atoms with Crippen LogP contribution in [0, 0.1) is 0 Å². The van der Waals surface area contributed by atoms with Crippen LogP contribution < -0.4 is 10.6 Å². The van der Waals surface area contributed by atoms with E-state index in [1.54, 1.807) is 18.3 Å². The minimum atomic E-state index is -0.531. The molecule has 0 fully saturated rings. The van der Waals surface area contributed by atoms with Crippen LogP contribution in [0.3, 0.4) is 0 Å². The minimum Gasteiger partial charge on any atom is -0.465 e. The Bertz CT molecular complexity index is 1320. The van der Waals surface area contributed by atoms with Gasteiger partial charge in [-0.05, 0) is 53.9 Å². The molecule has 8 nitrogen and oxygen atoms in total. The molecule has 1 heterocycles. The Hall–Kier alpha value is -4.27. The highest BCUT2D eigenvalue weighted by molar-refractivity contribution is 5.92. The molecule has 0 radical (unpaired) electrons. The molecule has 0 saturated carbocycles. The van der Waals surface area contributed by atoms with E-state index in [0.717, 1.165) is 35.3 Å². The highest BCUT2D eigenvalue weighted by atomic mass is 16.5. The van der Waals surface area contributed by atoms with Crippen LogP contribution >= 0.6 is 0 Å². The second-order valence-corrected chi connectivity index (χ2v) is 8.96. The SMILES string of the molecule is COC(=O)c1ccc(Cn2ccnc2CC(=O)Nc2ccc(CCNC[C@H](O)c3ccccc3)cc2)cc1. The van der Waals surface area contributed by atoms with E-state index in [1.165, 1.54) is 7.11 Å². The van der Waals surface area contributed by atoms with Gasteiger partial charge in [0.2, 0.25) is 5.91 Å². The fourth-order valence-electron chi connectivity index (χ4n) is 4.08. The van der Waals surface area contributed by atoms with Gasteiger partial charge in [0, 0.05) is 31.2 Å². The summed E-state index contributed by atoms with van der Waals surface area (Å²) < 4.78 is 6.65. The van der Waals surface area contributed by atoms with Gasteiger partial charge >= 0.3 is 5.97 Å². The van der Waals surface area contributed by atoms with Crippen LogP contribution in [-0.4, -0.2) is 46.7 Å². The third-order valence-electron chi connectivity index (χ3n) is 6.20. The lowest BCUT2D eigenvalue weighted by Gasteiger charge is -2.12. The van der Waals surface area contributed by atoms with Crippen LogP contribution in [0.25, 0.3) is 0 Å². The van der Waals surface area contributed by atoms with Gasteiger partial charge in [-0.2, -0.15) is 0 Å². The van der Waals surface area contributed by atoms with Gasteiger partial charge in [0.05, 0.1) is 25.2 Å². The summed E-state index contributed by atoms with van der Waals surface area (Å²) in [5.74, 6) is 0.127. The number of aliphatic hydroxyl groups is 1. The predicted molar refractivity (Wildman–Crippen MR) is 146 cm³/mol. The number of carbonyl (C=O) groups is 2. The van der Waals surface area contributed by atoms with E-state index in [4.69, 9.17) is 4.74 Å². The molecular weight excluding hydrogens is 480 g/mol. The number of nitrogens with one attached hydrogen (secondary N) is 2. The van der Waals surface area contributed by atoms with Crippen LogP contribution in [-0.2, 0) is 28.9 Å². The number of hydrogen-bond donors (Lipinski definition) is 3. The fraction of sp³-hybridized carbons (Fsp3) is 0.233. The zero-order valence-electron chi connectivity index (χ0n) is 21.3. The van der Waals surface area contributed by atoms with Crippen LogP contribution in [0.15, 0.2) is 91.3 Å². The van der Waals surface area contributed by atoms with Crippen molar-refractivity contribution >= 4 is 17.6 Å². The quantitative estimate of drug-likeness (QED) is 0.197. The molecular formula is C30H32N4O4. The number of methoxy groups -OCH3 is 1. The molecule has 38 heavy (non-hydrogen) atoms. The molecule has 196 valence electrons. The third kappa shape index (κ3) is 7.61. The molecule has 0 spiro atoms. The van der Waals surface area contributed by atoms with Crippen molar-refractivity contribution in [2.45, 2.75) is 25.5 Å². The summed E-state index contributed by atoms with van der Waals surface area (Å²) >= 11 is 0. The van der Waals surface area contributed by atoms with Crippen molar-refractivity contribution < 1.29 is 19.4 Å². The zero-order valence-corrected chi connectivity index (χ0v) is 21.3. The number of benzene rings is 3. The van der Waals surface area contributed by atoms with E-state index in [2.05, 4.69) is 15.6 Å². The van der Waals surface area contributed by atoms with Crippen molar-refractivity contribution in [3.05, 3.63) is 119 Å². The van der Waals surface area contributed by atoms with Gasteiger partial charge in [-0.1, -0.05) is 54.6 Å². The molecule has 1 atom stereocenters. The summed E-state index contributed by atoms with van der Waals surface area (Å²) in [6.45, 7) is 1.77. The highest BCUT2D eigenvalue weighted by Crippen LogP contribution is 2.13. The Kier molecular flexibility index (Phi) is 9.39. The highest BCUT2D eigenvalue weighted by Gasteiger charge is 2.11. The number of aliphatic hydroxyl groups excluding tert-OH is 1. The van der Waals surface area contributed by atoms with Gasteiger partial charge in [-0.3, -0.25) is 4.79 Å². The number of imidazole rings is 1. The molecule has 0 aliphatic rings. The molecule has 4 rings (SSSR count). The van der Waals surface area contributed by atoms with Gasteiger partial charge in [-0.15, -0.1) is 0 Å². The molecule has 3 N–H and O–H groups in total. The Morgan fingerprint density at radius 2 is 1.68 bits per heavy atom. The largest absolute Gasteiger partial charge is 0.465 e.